The molecule has 0 aliphatic rings. The van der Waals surface area contributed by atoms with E-state index in [9.17, 15) is 9.18 Å². The number of rotatable bonds is 7. The van der Waals surface area contributed by atoms with Crippen molar-refractivity contribution in [3.8, 4) is 11.3 Å². The lowest BCUT2D eigenvalue weighted by Gasteiger charge is -2.07. The van der Waals surface area contributed by atoms with Crippen LogP contribution in [0.5, 0.6) is 0 Å². The lowest BCUT2D eigenvalue weighted by molar-refractivity contribution is 0.0952. The monoisotopic (exact) mass is 338 g/mol. The topological polar surface area (TPSA) is 55.1 Å². The number of aryl methyl sites for hydroxylation is 1. The van der Waals surface area contributed by atoms with Crippen molar-refractivity contribution >= 4 is 17.5 Å². The van der Waals surface area contributed by atoms with E-state index in [1.807, 2.05) is 0 Å². The van der Waals surface area contributed by atoms with Crippen LogP contribution in [0.4, 0.5) is 4.39 Å². The molecule has 2 rings (SSSR count). The molecule has 0 fully saturated rings. The molecule has 0 aliphatic heterocycles. The normalized spacial score (nSPS) is 10.8. The van der Waals surface area contributed by atoms with Crippen molar-refractivity contribution < 1.29 is 13.7 Å². The summed E-state index contributed by atoms with van der Waals surface area (Å²) in [6.45, 7) is 4.31. The summed E-state index contributed by atoms with van der Waals surface area (Å²) in [5, 5.41) is 6.85. The average Bonchev–Trinajstić information content (AvgIpc) is 2.88. The largest absolute Gasteiger partial charge is 0.360 e. The smallest absolute Gasteiger partial charge is 0.257 e. The number of nitrogens with one attached hydrogen (secondary N) is 1. The van der Waals surface area contributed by atoms with Crippen LogP contribution >= 0.6 is 11.6 Å². The molecule has 0 bridgehead atoms. The van der Waals surface area contributed by atoms with Gasteiger partial charge in [0, 0.05) is 6.54 Å². The molecule has 0 radical (unpaired) electrons. The van der Waals surface area contributed by atoms with E-state index in [4.69, 9.17) is 16.1 Å². The van der Waals surface area contributed by atoms with Gasteiger partial charge in [-0.1, -0.05) is 49.0 Å². The highest BCUT2D eigenvalue weighted by Gasteiger charge is 2.25. The van der Waals surface area contributed by atoms with E-state index in [0.717, 1.165) is 25.7 Å². The molecular weight excluding hydrogens is 319 g/mol. The predicted molar refractivity (Wildman–Crippen MR) is 88.1 cm³/mol. The first kappa shape index (κ1) is 17.5. The minimum atomic E-state index is -0.539. The van der Waals surface area contributed by atoms with Crippen molar-refractivity contribution in [2.24, 2.45) is 0 Å². The summed E-state index contributed by atoms with van der Waals surface area (Å²) in [5.74, 6) is -0.525. The molecule has 0 saturated heterocycles. The Morgan fingerprint density at radius 1 is 1.35 bits per heavy atom. The van der Waals surface area contributed by atoms with Gasteiger partial charge in [-0.2, -0.15) is 0 Å². The van der Waals surface area contributed by atoms with Gasteiger partial charge in [-0.3, -0.25) is 4.79 Å². The second-order valence-corrected chi connectivity index (χ2v) is 5.78. The molecule has 0 atom stereocenters. The van der Waals surface area contributed by atoms with Gasteiger partial charge >= 0.3 is 0 Å². The Balaban J connectivity index is 2.20. The number of amides is 1. The Hall–Kier alpha value is -1.88. The molecule has 0 saturated carbocycles. The number of benzene rings is 1. The first-order valence-electron chi connectivity index (χ1n) is 7.75. The Kier molecular flexibility index (Phi) is 6.16. The lowest BCUT2D eigenvalue weighted by Crippen LogP contribution is -2.25. The summed E-state index contributed by atoms with van der Waals surface area (Å²) < 4.78 is 19.2. The fourth-order valence-corrected chi connectivity index (χ4v) is 2.63. The third-order valence-electron chi connectivity index (χ3n) is 3.61. The van der Waals surface area contributed by atoms with Gasteiger partial charge in [0.2, 0.25) is 0 Å². The quantitative estimate of drug-likeness (QED) is 0.741. The number of carbonyl (C=O) groups is 1. The van der Waals surface area contributed by atoms with Gasteiger partial charge in [0.15, 0.2) is 0 Å². The van der Waals surface area contributed by atoms with Gasteiger partial charge < -0.3 is 9.84 Å². The van der Waals surface area contributed by atoms with Gasteiger partial charge in [0.05, 0.1) is 10.6 Å². The van der Waals surface area contributed by atoms with Crippen LogP contribution in [0.2, 0.25) is 5.02 Å². The Morgan fingerprint density at radius 2 is 2.13 bits per heavy atom. The van der Waals surface area contributed by atoms with Crippen LogP contribution in [0.15, 0.2) is 22.7 Å². The Bertz CT molecular complexity index is 665. The molecule has 6 heteroatoms. The summed E-state index contributed by atoms with van der Waals surface area (Å²) in [4.78, 5) is 12.4. The summed E-state index contributed by atoms with van der Waals surface area (Å²) in [7, 11) is 0. The first-order chi connectivity index (χ1) is 11.1. The molecule has 1 aromatic carbocycles. The minimum Gasteiger partial charge on any atom is -0.360 e. The third-order valence-corrected chi connectivity index (χ3v) is 3.92. The van der Waals surface area contributed by atoms with Crippen LogP contribution in [0.1, 0.15) is 48.7 Å². The van der Waals surface area contributed by atoms with Gasteiger partial charge in [0.1, 0.15) is 22.8 Å². The van der Waals surface area contributed by atoms with Gasteiger partial charge in [-0.15, -0.1) is 0 Å². The number of hydrogen-bond donors (Lipinski definition) is 1. The second kappa shape index (κ2) is 8.11. The Labute approximate surface area is 140 Å². The Morgan fingerprint density at radius 3 is 2.83 bits per heavy atom. The molecule has 0 unspecified atom stereocenters. The summed E-state index contributed by atoms with van der Waals surface area (Å²) in [6.07, 6.45) is 4.23. The fraction of sp³-hybridized carbons (Fsp3) is 0.412. The van der Waals surface area contributed by atoms with Crippen LogP contribution in [-0.2, 0) is 0 Å². The SMILES string of the molecule is CCCCCCNC(=O)c1c(-c2c(F)cccc2Cl)noc1C. The number of unbranched alkanes of at least 4 members (excludes halogenated alkanes) is 3. The van der Waals surface area contributed by atoms with E-state index in [-0.39, 0.29) is 27.8 Å². The maximum atomic E-state index is 14.1. The van der Waals surface area contributed by atoms with E-state index in [2.05, 4.69) is 17.4 Å². The average molecular weight is 339 g/mol. The van der Waals surface area contributed by atoms with Gasteiger partial charge in [0.25, 0.3) is 5.91 Å². The van der Waals surface area contributed by atoms with Gasteiger partial charge in [-0.05, 0) is 25.5 Å². The van der Waals surface area contributed by atoms with Crippen LogP contribution in [0.25, 0.3) is 11.3 Å². The number of nitrogens with zero attached hydrogens (tertiary/aromatic N) is 1. The van der Waals surface area contributed by atoms with E-state index in [1.54, 1.807) is 13.0 Å². The number of carbonyl (C=O) groups excluding carboxylic acids is 1. The predicted octanol–water partition coefficient (Wildman–Crippen LogP) is 4.75. The molecule has 4 nitrogen and oxygen atoms in total. The lowest BCUT2D eigenvalue weighted by atomic mass is 10.0. The van der Waals surface area contributed by atoms with Gasteiger partial charge in [-0.25, -0.2) is 4.39 Å². The zero-order valence-corrected chi connectivity index (χ0v) is 14.0. The van der Waals surface area contributed by atoms with Crippen LogP contribution in [0.3, 0.4) is 0 Å². The van der Waals surface area contributed by atoms with E-state index >= 15 is 0 Å². The zero-order valence-electron chi connectivity index (χ0n) is 13.3. The maximum absolute atomic E-state index is 14.1. The van der Waals surface area contributed by atoms with E-state index in [1.165, 1.54) is 12.1 Å². The molecule has 1 aromatic heterocycles. The van der Waals surface area contributed by atoms with Crippen molar-refractivity contribution in [2.45, 2.75) is 39.5 Å². The first-order valence-corrected chi connectivity index (χ1v) is 8.13. The van der Waals surface area contributed by atoms with Crippen molar-refractivity contribution in [1.29, 1.82) is 0 Å². The molecule has 1 heterocycles. The highest BCUT2D eigenvalue weighted by Crippen LogP contribution is 2.33. The highest BCUT2D eigenvalue weighted by molar-refractivity contribution is 6.33. The summed E-state index contributed by atoms with van der Waals surface area (Å²) in [6, 6.07) is 4.33. The third kappa shape index (κ3) is 4.10. The van der Waals surface area contributed by atoms with E-state index in [0.29, 0.717) is 12.3 Å². The van der Waals surface area contributed by atoms with Crippen LogP contribution in [-0.4, -0.2) is 17.6 Å². The van der Waals surface area contributed by atoms with Crippen LogP contribution in [0, 0.1) is 12.7 Å². The fourth-order valence-electron chi connectivity index (χ4n) is 2.38. The van der Waals surface area contributed by atoms with Crippen molar-refractivity contribution in [3.63, 3.8) is 0 Å². The number of hydrogen-bond acceptors (Lipinski definition) is 3. The highest BCUT2D eigenvalue weighted by atomic mass is 35.5. The number of halogens is 2. The van der Waals surface area contributed by atoms with E-state index < -0.39 is 5.82 Å². The van der Waals surface area contributed by atoms with Crippen molar-refractivity contribution in [2.75, 3.05) is 6.54 Å². The molecule has 1 N–H and O–H groups in total. The van der Waals surface area contributed by atoms with Crippen molar-refractivity contribution in [3.05, 3.63) is 40.4 Å². The number of aromatic nitrogens is 1. The standard InChI is InChI=1S/C17H20ClFN2O2/c1-3-4-5-6-10-20-17(22)14-11(2)23-21-16(14)15-12(18)8-7-9-13(15)19/h7-9H,3-6,10H2,1-2H3,(H,20,22). The summed E-state index contributed by atoms with van der Waals surface area (Å²) >= 11 is 6.06. The molecule has 2 aromatic rings. The maximum Gasteiger partial charge on any atom is 0.257 e. The molecule has 1 amide bonds. The molecule has 124 valence electrons. The molecule has 0 aliphatic carbocycles. The second-order valence-electron chi connectivity index (χ2n) is 5.38. The summed E-state index contributed by atoms with van der Waals surface area (Å²) in [5.41, 5.74) is 0.450. The minimum absolute atomic E-state index is 0.0853. The van der Waals surface area contributed by atoms with Crippen LogP contribution < -0.4 is 5.32 Å². The molecule has 23 heavy (non-hydrogen) atoms. The zero-order chi connectivity index (χ0) is 16.8. The molecule has 0 spiro atoms. The molecular formula is C17H20ClFN2O2. The van der Waals surface area contributed by atoms with Crippen molar-refractivity contribution in [1.82, 2.24) is 10.5 Å².